The van der Waals surface area contributed by atoms with E-state index < -0.39 is 11.9 Å². The number of rotatable bonds is 8. The van der Waals surface area contributed by atoms with Crippen LogP contribution in [0, 0.1) is 0 Å². The number of nitrogens with one attached hydrogen (secondary N) is 1. The number of halogens is 1. The lowest BCUT2D eigenvalue weighted by molar-refractivity contribution is -0.124. The van der Waals surface area contributed by atoms with Crippen LogP contribution in [-0.2, 0) is 9.53 Å². The van der Waals surface area contributed by atoms with E-state index in [2.05, 4.69) is 5.32 Å². The fourth-order valence-corrected chi connectivity index (χ4v) is 2.63. The average Bonchev–Trinajstić information content (AvgIpc) is 2.66. The maximum Gasteiger partial charge on any atom is 0.338 e. The summed E-state index contributed by atoms with van der Waals surface area (Å²) in [4.78, 5) is 24.2. The molecule has 0 spiro atoms. The summed E-state index contributed by atoms with van der Waals surface area (Å²) in [5, 5.41) is 3.35. The van der Waals surface area contributed by atoms with Gasteiger partial charge in [-0.15, -0.1) is 0 Å². The predicted octanol–water partition coefficient (Wildman–Crippen LogP) is 3.78. The maximum absolute atomic E-state index is 12.2. The van der Waals surface area contributed by atoms with Crippen LogP contribution in [0.4, 0.5) is 0 Å². The number of benzene rings is 2. The van der Waals surface area contributed by atoms with Crippen molar-refractivity contribution in [2.24, 2.45) is 0 Å². The van der Waals surface area contributed by atoms with Gasteiger partial charge >= 0.3 is 5.97 Å². The first-order valence-corrected chi connectivity index (χ1v) is 8.85. The molecule has 0 aliphatic heterocycles. The zero-order valence-electron chi connectivity index (χ0n) is 15.5. The summed E-state index contributed by atoms with van der Waals surface area (Å²) in [6, 6.07) is 11.6. The van der Waals surface area contributed by atoms with E-state index in [4.69, 9.17) is 25.8 Å². The van der Waals surface area contributed by atoms with Crippen LogP contribution >= 0.6 is 11.6 Å². The Hall–Kier alpha value is -2.73. The quantitative estimate of drug-likeness (QED) is 0.693. The molecular formula is C20H22ClNO5. The standard InChI is InChI=1S/C20H22ClNO5/c1-4-26-18-11-15(8-9-17(18)25-3)20(24)27-12-19(23)22-13(2)14-6-5-7-16(21)10-14/h5-11,13H,4,12H2,1-3H3,(H,22,23)/t13-/m1/s1. The van der Waals surface area contributed by atoms with Crippen molar-refractivity contribution in [1.82, 2.24) is 5.32 Å². The van der Waals surface area contributed by atoms with E-state index in [9.17, 15) is 9.59 Å². The number of hydrogen-bond acceptors (Lipinski definition) is 5. The van der Waals surface area contributed by atoms with E-state index in [1.807, 2.05) is 19.9 Å². The number of hydrogen-bond donors (Lipinski definition) is 1. The van der Waals surface area contributed by atoms with Crippen LogP contribution in [0.2, 0.25) is 5.02 Å². The lowest BCUT2D eigenvalue weighted by atomic mass is 10.1. The first-order chi connectivity index (χ1) is 12.9. The van der Waals surface area contributed by atoms with Crippen LogP contribution in [0.3, 0.4) is 0 Å². The Bertz CT molecular complexity index is 809. The fraction of sp³-hybridized carbons (Fsp3) is 0.300. The molecule has 0 aliphatic carbocycles. The topological polar surface area (TPSA) is 73.9 Å². The zero-order valence-corrected chi connectivity index (χ0v) is 16.2. The Morgan fingerprint density at radius 3 is 2.59 bits per heavy atom. The van der Waals surface area contributed by atoms with E-state index in [0.29, 0.717) is 23.1 Å². The molecule has 1 N–H and O–H groups in total. The van der Waals surface area contributed by atoms with Gasteiger partial charge in [0.2, 0.25) is 0 Å². The van der Waals surface area contributed by atoms with Crippen LogP contribution in [0.1, 0.15) is 35.8 Å². The molecule has 0 radical (unpaired) electrons. The predicted molar refractivity (Wildman–Crippen MR) is 102 cm³/mol. The van der Waals surface area contributed by atoms with Crippen LogP contribution in [0.5, 0.6) is 11.5 Å². The number of ether oxygens (including phenoxy) is 3. The van der Waals surface area contributed by atoms with Crippen molar-refractivity contribution in [1.29, 1.82) is 0 Å². The summed E-state index contributed by atoms with van der Waals surface area (Å²) in [5.74, 6) is -0.0755. The molecule has 1 amide bonds. The molecule has 0 saturated heterocycles. The second-order valence-electron chi connectivity index (χ2n) is 5.72. The summed E-state index contributed by atoms with van der Waals surface area (Å²) >= 11 is 5.95. The van der Waals surface area contributed by atoms with Crippen LogP contribution in [-0.4, -0.2) is 32.2 Å². The van der Waals surface area contributed by atoms with E-state index in [-0.39, 0.29) is 18.2 Å². The summed E-state index contributed by atoms with van der Waals surface area (Å²) in [5.41, 5.74) is 1.13. The first kappa shape index (κ1) is 20.6. The zero-order chi connectivity index (χ0) is 19.8. The molecule has 2 rings (SSSR count). The third-order valence-corrected chi connectivity index (χ3v) is 3.99. The van der Waals surface area contributed by atoms with Gasteiger partial charge in [0.25, 0.3) is 5.91 Å². The van der Waals surface area contributed by atoms with Crippen molar-refractivity contribution in [3.8, 4) is 11.5 Å². The minimum Gasteiger partial charge on any atom is -0.493 e. The smallest absolute Gasteiger partial charge is 0.338 e. The van der Waals surface area contributed by atoms with Crippen molar-refractivity contribution < 1.29 is 23.8 Å². The van der Waals surface area contributed by atoms with Gasteiger partial charge in [0.05, 0.1) is 25.3 Å². The van der Waals surface area contributed by atoms with Crippen LogP contribution in [0.25, 0.3) is 0 Å². The first-order valence-electron chi connectivity index (χ1n) is 8.47. The lowest BCUT2D eigenvalue weighted by Crippen LogP contribution is -2.31. The van der Waals surface area contributed by atoms with Gasteiger partial charge in [-0.25, -0.2) is 4.79 Å². The average molecular weight is 392 g/mol. The third-order valence-electron chi connectivity index (χ3n) is 3.76. The van der Waals surface area contributed by atoms with E-state index in [1.165, 1.54) is 13.2 Å². The third kappa shape index (κ3) is 5.89. The minimum absolute atomic E-state index is 0.263. The fourth-order valence-electron chi connectivity index (χ4n) is 2.43. The van der Waals surface area contributed by atoms with Crippen molar-refractivity contribution in [3.05, 3.63) is 58.6 Å². The molecule has 7 heteroatoms. The van der Waals surface area contributed by atoms with Crippen molar-refractivity contribution in [2.75, 3.05) is 20.3 Å². The van der Waals surface area contributed by atoms with E-state index >= 15 is 0 Å². The Balaban J connectivity index is 1.92. The number of carbonyl (C=O) groups excluding carboxylic acids is 2. The normalized spacial score (nSPS) is 11.4. The highest BCUT2D eigenvalue weighted by molar-refractivity contribution is 6.30. The molecule has 6 nitrogen and oxygen atoms in total. The molecular weight excluding hydrogens is 370 g/mol. The molecule has 1 atom stereocenters. The summed E-state index contributed by atoms with van der Waals surface area (Å²) in [6.07, 6.45) is 0. The molecule has 0 bridgehead atoms. The highest BCUT2D eigenvalue weighted by Gasteiger charge is 2.15. The van der Waals surface area contributed by atoms with Crippen molar-refractivity contribution in [2.45, 2.75) is 19.9 Å². The summed E-state index contributed by atoms with van der Waals surface area (Å²) in [7, 11) is 1.52. The van der Waals surface area contributed by atoms with Crippen LogP contribution < -0.4 is 14.8 Å². The Morgan fingerprint density at radius 1 is 1.15 bits per heavy atom. The SMILES string of the molecule is CCOc1cc(C(=O)OCC(=O)N[C@H](C)c2cccc(Cl)c2)ccc1OC. The van der Waals surface area contributed by atoms with Crippen LogP contribution in [0.15, 0.2) is 42.5 Å². The summed E-state index contributed by atoms with van der Waals surface area (Å²) in [6.45, 7) is 3.69. The van der Waals surface area contributed by atoms with E-state index in [0.717, 1.165) is 5.56 Å². The molecule has 27 heavy (non-hydrogen) atoms. The Labute approximate surface area is 163 Å². The van der Waals surface area contributed by atoms with Gasteiger partial charge in [0.15, 0.2) is 18.1 Å². The molecule has 0 aliphatic rings. The molecule has 0 fully saturated rings. The number of esters is 1. The molecule has 0 unspecified atom stereocenters. The molecule has 0 aromatic heterocycles. The molecule has 0 saturated carbocycles. The summed E-state index contributed by atoms with van der Waals surface area (Å²) < 4.78 is 15.7. The van der Waals surface area contributed by atoms with Gasteiger partial charge in [-0.2, -0.15) is 0 Å². The highest BCUT2D eigenvalue weighted by Crippen LogP contribution is 2.28. The molecule has 144 valence electrons. The second-order valence-corrected chi connectivity index (χ2v) is 6.16. The monoisotopic (exact) mass is 391 g/mol. The minimum atomic E-state index is -0.621. The maximum atomic E-state index is 12.2. The largest absolute Gasteiger partial charge is 0.493 e. The van der Waals surface area contributed by atoms with Crippen molar-refractivity contribution in [3.63, 3.8) is 0 Å². The second kappa shape index (κ2) is 9.83. The number of methoxy groups -OCH3 is 1. The molecule has 0 heterocycles. The van der Waals surface area contributed by atoms with Gasteiger partial charge in [0.1, 0.15) is 0 Å². The van der Waals surface area contributed by atoms with Gasteiger partial charge in [-0.1, -0.05) is 23.7 Å². The highest BCUT2D eigenvalue weighted by atomic mass is 35.5. The van der Waals surface area contributed by atoms with Gasteiger partial charge in [-0.3, -0.25) is 4.79 Å². The Kier molecular flexibility index (Phi) is 7.49. The molecule has 2 aromatic rings. The lowest BCUT2D eigenvalue weighted by Gasteiger charge is -2.15. The van der Waals surface area contributed by atoms with Gasteiger partial charge in [-0.05, 0) is 49.7 Å². The van der Waals surface area contributed by atoms with E-state index in [1.54, 1.807) is 30.3 Å². The Morgan fingerprint density at radius 2 is 1.93 bits per heavy atom. The van der Waals surface area contributed by atoms with Gasteiger partial charge < -0.3 is 19.5 Å². The molecule has 2 aromatic carbocycles. The number of amides is 1. The van der Waals surface area contributed by atoms with Gasteiger partial charge in [0, 0.05) is 5.02 Å². The van der Waals surface area contributed by atoms with Crippen molar-refractivity contribution >= 4 is 23.5 Å². The number of carbonyl (C=O) groups is 2.